The smallest absolute Gasteiger partial charge is 0.242 e. The second-order valence-electron chi connectivity index (χ2n) is 2.86. The molecule has 0 bridgehead atoms. The largest absolute Gasteiger partial charge is 0.389 e. The van der Waals surface area contributed by atoms with Gasteiger partial charge in [0.2, 0.25) is 11.8 Å². The zero-order valence-corrected chi connectivity index (χ0v) is 6.91. The van der Waals surface area contributed by atoms with E-state index < -0.39 is 0 Å². The molecule has 0 aromatic carbocycles. The highest BCUT2D eigenvalue weighted by molar-refractivity contribution is 5.84. The zero-order valence-electron chi connectivity index (χ0n) is 6.91. The maximum Gasteiger partial charge on any atom is 0.242 e. The number of carbonyl (C=O) groups excluding carboxylic acids is 2. The Morgan fingerprint density at radius 2 is 2.17 bits per heavy atom. The lowest BCUT2D eigenvalue weighted by Crippen LogP contribution is -2.55. The van der Waals surface area contributed by atoms with Gasteiger partial charge in [-0.3, -0.25) is 9.59 Å². The molecule has 1 heterocycles. The van der Waals surface area contributed by atoms with Gasteiger partial charge in [0.25, 0.3) is 0 Å². The van der Waals surface area contributed by atoms with Gasteiger partial charge in [0.05, 0.1) is 12.6 Å². The van der Waals surface area contributed by atoms with Crippen molar-refractivity contribution in [1.29, 1.82) is 0 Å². The molecule has 0 radical (unpaired) electrons. The Balaban J connectivity index is 2.17. The Labute approximate surface area is 70.4 Å². The quantitative estimate of drug-likeness (QED) is 0.523. The molecule has 0 atom stereocenters. The molecule has 0 aliphatic carbocycles. The number of nitrogens with one attached hydrogen (secondary N) is 1. The molecule has 5 nitrogen and oxygen atoms in total. The molecular weight excluding hydrogens is 160 g/mol. The van der Waals surface area contributed by atoms with E-state index in [9.17, 15) is 9.59 Å². The molecule has 0 aromatic heterocycles. The molecule has 0 unspecified atom stereocenters. The molecule has 2 N–H and O–H groups in total. The van der Waals surface area contributed by atoms with Gasteiger partial charge in [-0.05, 0) is 0 Å². The van der Waals surface area contributed by atoms with Gasteiger partial charge in [-0.25, -0.2) is 0 Å². The number of likely N-dealkylation sites (tertiary alicyclic amines) is 1. The number of aliphatic hydroxyl groups is 1. The minimum atomic E-state index is -0.383. The van der Waals surface area contributed by atoms with Crippen LogP contribution in [0.5, 0.6) is 0 Å². The number of β-amino-alcohol motifs (C(OH)–C–C–N with tert-alkyl or cyclic N) is 1. The summed E-state index contributed by atoms with van der Waals surface area (Å²) >= 11 is 0. The molecule has 5 heteroatoms. The Hall–Kier alpha value is -1.10. The van der Waals surface area contributed by atoms with Crippen molar-refractivity contribution in [2.24, 2.45) is 0 Å². The second-order valence-corrected chi connectivity index (χ2v) is 2.86. The van der Waals surface area contributed by atoms with E-state index >= 15 is 0 Å². The lowest BCUT2D eigenvalue weighted by molar-refractivity contribution is -0.141. The van der Waals surface area contributed by atoms with Crippen molar-refractivity contribution in [3.8, 4) is 0 Å². The minimum absolute atomic E-state index is 0.0298. The summed E-state index contributed by atoms with van der Waals surface area (Å²) in [6.45, 7) is 2.16. The third kappa shape index (κ3) is 2.20. The number of aliphatic hydroxyl groups excluding tert-OH is 1. The highest BCUT2D eigenvalue weighted by Crippen LogP contribution is 2.06. The summed E-state index contributed by atoms with van der Waals surface area (Å²) in [5.41, 5.74) is 0. The first kappa shape index (κ1) is 8.99. The van der Waals surface area contributed by atoms with Gasteiger partial charge >= 0.3 is 0 Å². The molecule has 1 fully saturated rings. The Bertz CT molecular complexity index is 199. The molecule has 0 spiro atoms. The van der Waals surface area contributed by atoms with Gasteiger partial charge < -0.3 is 15.3 Å². The van der Waals surface area contributed by atoms with Crippen molar-refractivity contribution in [2.45, 2.75) is 13.0 Å². The molecule has 2 amide bonds. The maximum atomic E-state index is 11.1. The maximum absolute atomic E-state index is 11.1. The van der Waals surface area contributed by atoms with Crippen LogP contribution in [-0.2, 0) is 9.59 Å². The van der Waals surface area contributed by atoms with Crippen molar-refractivity contribution in [2.75, 3.05) is 19.6 Å². The predicted octanol–water partition coefficient (Wildman–Crippen LogP) is -1.67. The average Bonchev–Trinajstić information content (AvgIpc) is 1.94. The second kappa shape index (κ2) is 3.53. The fourth-order valence-electron chi connectivity index (χ4n) is 0.971. The highest BCUT2D eigenvalue weighted by atomic mass is 16.3. The number of carbonyl (C=O) groups is 2. The Morgan fingerprint density at radius 1 is 1.58 bits per heavy atom. The minimum Gasteiger partial charge on any atom is -0.389 e. The molecule has 1 aliphatic rings. The van der Waals surface area contributed by atoms with E-state index in [4.69, 9.17) is 5.11 Å². The summed E-state index contributed by atoms with van der Waals surface area (Å²) in [6, 6.07) is 0. The van der Waals surface area contributed by atoms with Crippen LogP contribution in [0.1, 0.15) is 6.92 Å². The van der Waals surface area contributed by atoms with Crippen LogP contribution >= 0.6 is 0 Å². The molecule has 1 saturated heterocycles. The van der Waals surface area contributed by atoms with Crippen molar-refractivity contribution < 1.29 is 14.7 Å². The van der Waals surface area contributed by atoms with Gasteiger partial charge in [-0.1, -0.05) is 0 Å². The molecule has 12 heavy (non-hydrogen) atoms. The van der Waals surface area contributed by atoms with Crippen LogP contribution in [0.4, 0.5) is 0 Å². The van der Waals surface area contributed by atoms with Crippen LogP contribution in [0, 0.1) is 0 Å². The molecule has 0 aromatic rings. The van der Waals surface area contributed by atoms with Gasteiger partial charge in [-0.2, -0.15) is 0 Å². The van der Waals surface area contributed by atoms with Gasteiger partial charge in [0, 0.05) is 20.0 Å². The number of rotatable bonds is 2. The predicted molar refractivity (Wildman–Crippen MR) is 41.3 cm³/mol. The van der Waals surface area contributed by atoms with Crippen LogP contribution in [-0.4, -0.2) is 47.6 Å². The molecule has 0 saturated carbocycles. The van der Waals surface area contributed by atoms with Crippen molar-refractivity contribution in [1.82, 2.24) is 10.2 Å². The van der Waals surface area contributed by atoms with E-state index in [1.54, 1.807) is 0 Å². The van der Waals surface area contributed by atoms with Crippen molar-refractivity contribution in [3.63, 3.8) is 0 Å². The van der Waals surface area contributed by atoms with Crippen LogP contribution < -0.4 is 5.32 Å². The first-order chi connectivity index (χ1) is 5.59. The summed E-state index contributed by atoms with van der Waals surface area (Å²) in [6.07, 6.45) is -0.383. The summed E-state index contributed by atoms with van der Waals surface area (Å²) < 4.78 is 0. The van der Waals surface area contributed by atoms with Crippen LogP contribution in [0.2, 0.25) is 0 Å². The third-order valence-electron chi connectivity index (χ3n) is 1.70. The first-order valence-electron chi connectivity index (χ1n) is 3.80. The topological polar surface area (TPSA) is 69.6 Å². The number of hydrogen-bond donors (Lipinski definition) is 2. The Kier molecular flexibility index (Phi) is 2.65. The van der Waals surface area contributed by atoms with Gasteiger partial charge in [-0.15, -0.1) is 0 Å². The average molecular weight is 172 g/mol. The fraction of sp³-hybridized carbons (Fsp3) is 0.714. The van der Waals surface area contributed by atoms with E-state index in [2.05, 4.69) is 5.32 Å². The van der Waals surface area contributed by atoms with Crippen LogP contribution in [0.15, 0.2) is 0 Å². The normalized spacial score (nSPS) is 17.0. The van der Waals surface area contributed by atoms with Crippen LogP contribution in [0.25, 0.3) is 0 Å². The fourth-order valence-corrected chi connectivity index (χ4v) is 0.971. The third-order valence-corrected chi connectivity index (χ3v) is 1.70. The molecule has 1 rings (SSSR count). The first-order valence-corrected chi connectivity index (χ1v) is 3.80. The van der Waals surface area contributed by atoms with E-state index in [1.165, 1.54) is 11.8 Å². The highest BCUT2D eigenvalue weighted by Gasteiger charge is 2.28. The number of amides is 2. The monoisotopic (exact) mass is 172 g/mol. The lowest BCUT2D eigenvalue weighted by Gasteiger charge is -2.35. The van der Waals surface area contributed by atoms with Crippen molar-refractivity contribution >= 4 is 11.8 Å². The van der Waals surface area contributed by atoms with E-state index in [0.717, 1.165) is 0 Å². The van der Waals surface area contributed by atoms with Crippen LogP contribution in [0.3, 0.4) is 0 Å². The van der Waals surface area contributed by atoms with Crippen molar-refractivity contribution in [3.05, 3.63) is 0 Å². The summed E-state index contributed by atoms with van der Waals surface area (Å²) in [5.74, 6) is -0.361. The molecular formula is C7H12N2O3. The molecule has 68 valence electrons. The standard InChI is InChI=1S/C7H12N2O3/c1-5(10)8-2-7(12)9-3-6(11)4-9/h6,11H,2-4H2,1H3,(H,8,10). The Morgan fingerprint density at radius 3 is 2.58 bits per heavy atom. The zero-order chi connectivity index (χ0) is 9.14. The lowest BCUT2D eigenvalue weighted by atomic mass is 10.2. The van der Waals surface area contributed by atoms with E-state index in [0.29, 0.717) is 13.1 Å². The van der Waals surface area contributed by atoms with E-state index in [1.807, 2.05) is 0 Å². The SMILES string of the molecule is CC(=O)NCC(=O)N1CC(O)C1. The van der Waals surface area contributed by atoms with Gasteiger partial charge in [0.15, 0.2) is 0 Å². The number of nitrogens with zero attached hydrogens (tertiary/aromatic N) is 1. The van der Waals surface area contributed by atoms with E-state index in [-0.39, 0.29) is 24.5 Å². The van der Waals surface area contributed by atoms with Gasteiger partial charge in [0.1, 0.15) is 0 Å². The number of hydrogen-bond acceptors (Lipinski definition) is 3. The summed E-state index contributed by atoms with van der Waals surface area (Å²) in [4.78, 5) is 23.0. The summed E-state index contributed by atoms with van der Waals surface area (Å²) in [5, 5.41) is 11.3. The summed E-state index contributed by atoms with van der Waals surface area (Å²) in [7, 11) is 0. The molecule has 1 aliphatic heterocycles.